The fraction of sp³-hybridized carbons (Fsp3) is 0.714. The van der Waals surface area contributed by atoms with Crippen LogP contribution in [0.1, 0.15) is 37.2 Å². The molecule has 1 aliphatic rings. The normalized spacial score (nSPS) is 17.1. The van der Waals surface area contributed by atoms with E-state index in [1.165, 1.54) is 37.3 Å². The summed E-state index contributed by atoms with van der Waals surface area (Å²) in [6, 6.07) is 0. The van der Waals surface area contributed by atoms with Gasteiger partial charge >= 0.3 is 5.97 Å². The molecule has 0 saturated carbocycles. The van der Waals surface area contributed by atoms with Crippen LogP contribution in [0.15, 0.2) is 5.38 Å². The van der Waals surface area contributed by atoms with Crippen molar-refractivity contribution in [2.45, 2.75) is 26.7 Å². The van der Waals surface area contributed by atoms with Gasteiger partial charge in [0.05, 0.1) is 6.61 Å². The monoisotopic (exact) mass is 297 g/mol. The third-order valence-electron chi connectivity index (χ3n) is 3.69. The predicted octanol–water partition coefficient (Wildman–Crippen LogP) is 2.46. The second-order valence-corrected chi connectivity index (χ2v) is 5.88. The van der Waals surface area contributed by atoms with Gasteiger partial charge in [0.25, 0.3) is 0 Å². The first-order valence-corrected chi connectivity index (χ1v) is 8.19. The number of likely N-dealkylation sites (tertiary alicyclic amines) is 1. The molecule has 0 aromatic carbocycles. The van der Waals surface area contributed by atoms with Crippen molar-refractivity contribution in [2.75, 3.05) is 38.1 Å². The van der Waals surface area contributed by atoms with Crippen molar-refractivity contribution < 1.29 is 9.53 Å². The third kappa shape index (κ3) is 4.18. The number of hydrogen-bond acceptors (Lipinski definition) is 6. The summed E-state index contributed by atoms with van der Waals surface area (Å²) >= 11 is 1.46. The lowest BCUT2D eigenvalue weighted by Crippen LogP contribution is -2.35. The second-order valence-electron chi connectivity index (χ2n) is 5.02. The van der Waals surface area contributed by atoms with E-state index >= 15 is 0 Å². The summed E-state index contributed by atoms with van der Waals surface area (Å²) in [4.78, 5) is 18.3. The van der Waals surface area contributed by atoms with Gasteiger partial charge in [-0.15, -0.1) is 11.3 Å². The van der Waals surface area contributed by atoms with Crippen LogP contribution < -0.4 is 5.32 Å². The quantitative estimate of drug-likeness (QED) is 0.818. The molecule has 0 unspecified atom stereocenters. The van der Waals surface area contributed by atoms with Crippen LogP contribution in [0.25, 0.3) is 0 Å². The molecule has 0 amide bonds. The highest BCUT2D eigenvalue weighted by Crippen LogP contribution is 2.20. The van der Waals surface area contributed by atoms with Gasteiger partial charge in [-0.2, -0.15) is 0 Å². The Bertz CT molecular complexity index is 428. The van der Waals surface area contributed by atoms with Crippen LogP contribution in [0.5, 0.6) is 0 Å². The Balaban J connectivity index is 1.76. The van der Waals surface area contributed by atoms with Gasteiger partial charge in [0.15, 0.2) is 10.8 Å². The van der Waals surface area contributed by atoms with Crippen molar-refractivity contribution in [1.29, 1.82) is 0 Å². The fourth-order valence-electron chi connectivity index (χ4n) is 2.39. The number of anilines is 1. The SMILES string of the molecule is CCOC(=O)c1csc(NCC2CCN(CC)CC2)n1. The zero-order valence-electron chi connectivity index (χ0n) is 12.2. The highest BCUT2D eigenvalue weighted by atomic mass is 32.1. The standard InChI is InChI=1S/C14H23N3O2S/c1-3-17-7-5-11(6-8-17)9-15-14-16-12(10-20-14)13(18)19-4-2/h10-11H,3-9H2,1-2H3,(H,15,16). The zero-order valence-corrected chi connectivity index (χ0v) is 13.0. The van der Waals surface area contributed by atoms with Gasteiger partial charge in [-0.25, -0.2) is 9.78 Å². The van der Waals surface area contributed by atoms with Crippen molar-refractivity contribution in [2.24, 2.45) is 5.92 Å². The van der Waals surface area contributed by atoms with Crippen LogP contribution in [0.4, 0.5) is 5.13 Å². The highest BCUT2D eigenvalue weighted by Gasteiger charge is 2.18. The summed E-state index contributed by atoms with van der Waals surface area (Å²) in [6.45, 7) is 8.86. The molecule has 0 spiro atoms. The molecule has 20 heavy (non-hydrogen) atoms. The molecule has 112 valence electrons. The van der Waals surface area contributed by atoms with Crippen molar-refractivity contribution in [1.82, 2.24) is 9.88 Å². The number of carbonyl (C=O) groups is 1. The minimum atomic E-state index is -0.340. The molecular formula is C14H23N3O2S. The fourth-order valence-corrected chi connectivity index (χ4v) is 3.08. The van der Waals surface area contributed by atoms with E-state index in [1.807, 2.05) is 0 Å². The van der Waals surface area contributed by atoms with Gasteiger partial charge in [-0.1, -0.05) is 6.92 Å². The van der Waals surface area contributed by atoms with Crippen LogP contribution in [0, 0.1) is 5.92 Å². The minimum absolute atomic E-state index is 0.340. The van der Waals surface area contributed by atoms with Crippen LogP contribution in [0.3, 0.4) is 0 Å². The van der Waals surface area contributed by atoms with Crippen LogP contribution >= 0.6 is 11.3 Å². The molecular weight excluding hydrogens is 274 g/mol. The average Bonchev–Trinajstić information content (AvgIpc) is 2.95. The Kier molecular flexibility index (Phi) is 5.79. The lowest BCUT2D eigenvalue weighted by molar-refractivity contribution is 0.0520. The largest absolute Gasteiger partial charge is 0.461 e. The molecule has 6 heteroatoms. The van der Waals surface area contributed by atoms with E-state index in [4.69, 9.17) is 4.74 Å². The summed E-state index contributed by atoms with van der Waals surface area (Å²) in [7, 11) is 0. The Morgan fingerprint density at radius 3 is 2.90 bits per heavy atom. The smallest absolute Gasteiger partial charge is 0.357 e. The van der Waals surface area contributed by atoms with E-state index in [2.05, 4.69) is 22.1 Å². The molecule has 1 fully saturated rings. The second kappa shape index (κ2) is 7.59. The van der Waals surface area contributed by atoms with E-state index in [9.17, 15) is 4.79 Å². The molecule has 0 aliphatic carbocycles. The lowest BCUT2D eigenvalue weighted by Gasteiger charge is -2.30. The number of hydrogen-bond donors (Lipinski definition) is 1. The molecule has 0 atom stereocenters. The first-order valence-electron chi connectivity index (χ1n) is 7.31. The highest BCUT2D eigenvalue weighted by molar-refractivity contribution is 7.13. The van der Waals surface area contributed by atoms with Gasteiger partial charge < -0.3 is 15.0 Å². The number of nitrogens with zero attached hydrogens (tertiary/aromatic N) is 2. The maximum absolute atomic E-state index is 11.5. The number of ether oxygens (including phenoxy) is 1. The van der Waals surface area contributed by atoms with E-state index in [0.29, 0.717) is 18.2 Å². The molecule has 0 radical (unpaired) electrons. The average molecular weight is 297 g/mol. The van der Waals surface area contributed by atoms with Crippen LogP contribution in [-0.4, -0.2) is 48.6 Å². The molecule has 5 nitrogen and oxygen atoms in total. The van der Waals surface area contributed by atoms with Crippen molar-refractivity contribution in [3.63, 3.8) is 0 Å². The van der Waals surface area contributed by atoms with E-state index in [1.54, 1.807) is 12.3 Å². The third-order valence-corrected chi connectivity index (χ3v) is 4.49. The van der Waals surface area contributed by atoms with E-state index < -0.39 is 0 Å². The minimum Gasteiger partial charge on any atom is -0.461 e. The summed E-state index contributed by atoms with van der Waals surface area (Å²) in [6.07, 6.45) is 2.47. The number of nitrogens with one attached hydrogen (secondary N) is 1. The number of aromatic nitrogens is 1. The number of thiazole rings is 1. The molecule has 2 heterocycles. The Morgan fingerprint density at radius 1 is 1.50 bits per heavy atom. The van der Waals surface area contributed by atoms with E-state index in [-0.39, 0.29) is 5.97 Å². The van der Waals surface area contributed by atoms with Crippen LogP contribution in [-0.2, 0) is 4.74 Å². The Labute approximate surface area is 124 Å². The van der Waals surface area contributed by atoms with E-state index in [0.717, 1.165) is 18.2 Å². The first-order chi connectivity index (χ1) is 9.72. The maximum atomic E-state index is 11.5. The number of esters is 1. The summed E-state index contributed by atoms with van der Waals surface area (Å²) in [5.74, 6) is 0.362. The lowest BCUT2D eigenvalue weighted by atomic mass is 9.97. The number of rotatable bonds is 6. The van der Waals surface area contributed by atoms with Crippen LogP contribution in [0.2, 0.25) is 0 Å². The molecule has 1 N–H and O–H groups in total. The van der Waals surface area contributed by atoms with Crippen molar-refractivity contribution >= 4 is 22.4 Å². The topological polar surface area (TPSA) is 54.5 Å². The summed E-state index contributed by atoms with van der Waals surface area (Å²) in [5, 5.41) is 5.91. The molecule has 1 aliphatic heterocycles. The summed E-state index contributed by atoms with van der Waals surface area (Å²) < 4.78 is 4.93. The molecule has 2 rings (SSSR count). The van der Waals surface area contributed by atoms with Gasteiger partial charge in [0.2, 0.25) is 0 Å². The predicted molar refractivity (Wildman–Crippen MR) is 81.4 cm³/mol. The van der Waals surface area contributed by atoms with Crippen molar-refractivity contribution in [3.05, 3.63) is 11.1 Å². The van der Waals surface area contributed by atoms with Crippen molar-refractivity contribution in [3.8, 4) is 0 Å². The van der Waals surface area contributed by atoms with Gasteiger partial charge in [0.1, 0.15) is 0 Å². The number of piperidine rings is 1. The molecule has 1 aromatic rings. The van der Waals surface area contributed by atoms with Gasteiger partial charge in [-0.3, -0.25) is 0 Å². The molecule has 1 saturated heterocycles. The molecule has 1 aromatic heterocycles. The Hall–Kier alpha value is -1.14. The first kappa shape index (κ1) is 15.3. The van der Waals surface area contributed by atoms with Gasteiger partial charge in [-0.05, 0) is 45.3 Å². The summed E-state index contributed by atoms with van der Waals surface area (Å²) in [5.41, 5.74) is 0.403. The van der Waals surface area contributed by atoms with Gasteiger partial charge in [0, 0.05) is 11.9 Å². The molecule has 0 bridgehead atoms. The zero-order chi connectivity index (χ0) is 14.4. The maximum Gasteiger partial charge on any atom is 0.357 e. The Morgan fingerprint density at radius 2 is 2.25 bits per heavy atom. The number of carbonyl (C=O) groups excluding carboxylic acids is 1.